The first-order chi connectivity index (χ1) is 11.3. The average molecular weight is 412 g/mol. The molecular weight excluding hydrogens is 399 g/mol. The second kappa shape index (κ2) is 5.70. The highest BCUT2D eigenvalue weighted by molar-refractivity contribution is 14.1. The number of hydrogen-bond donors (Lipinski definition) is 1. The van der Waals surface area contributed by atoms with Gasteiger partial charge in [0.2, 0.25) is 0 Å². The van der Waals surface area contributed by atoms with Crippen molar-refractivity contribution in [1.29, 1.82) is 5.26 Å². The van der Waals surface area contributed by atoms with Gasteiger partial charge < -0.3 is 5.32 Å². The van der Waals surface area contributed by atoms with Gasteiger partial charge in [-0.05, 0) is 53.3 Å². The van der Waals surface area contributed by atoms with E-state index in [9.17, 15) is 5.26 Å². The normalized spacial score (nSPS) is 12.5. The number of nitrogens with one attached hydrogen (secondary N) is 1. The van der Waals surface area contributed by atoms with Gasteiger partial charge in [0.05, 0.1) is 16.9 Å². The molecule has 1 aliphatic heterocycles. The molecule has 23 heavy (non-hydrogen) atoms. The molecule has 1 aliphatic rings. The highest BCUT2D eigenvalue weighted by atomic mass is 127. The fourth-order valence-corrected chi connectivity index (χ4v) is 3.51. The number of fused-ring (bicyclic) bond motifs is 1. The average Bonchev–Trinajstić information content (AvgIpc) is 3.17. The van der Waals surface area contributed by atoms with Gasteiger partial charge in [0.1, 0.15) is 11.9 Å². The summed E-state index contributed by atoms with van der Waals surface area (Å²) in [5.41, 5.74) is 4.78. The topological polar surface area (TPSA) is 53.6 Å². The maximum absolute atomic E-state index is 9.38. The van der Waals surface area contributed by atoms with Crippen molar-refractivity contribution < 1.29 is 0 Å². The Kier molecular flexibility index (Phi) is 3.54. The van der Waals surface area contributed by atoms with Crippen LogP contribution in [0.25, 0.3) is 16.9 Å². The van der Waals surface area contributed by atoms with E-state index in [-0.39, 0.29) is 0 Å². The summed E-state index contributed by atoms with van der Waals surface area (Å²) in [6.07, 6.45) is 0.949. The number of aromatic nitrogens is 2. The molecule has 3 aromatic rings. The van der Waals surface area contributed by atoms with Crippen molar-refractivity contribution in [2.75, 3.05) is 11.9 Å². The first-order valence-electron chi connectivity index (χ1n) is 7.39. The zero-order valence-corrected chi connectivity index (χ0v) is 14.4. The zero-order chi connectivity index (χ0) is 15.8. The number of halogens is 1. The van der Waals surface area contributed by atoms with Crippen LogP contribution in [0.15, 0.2) is 48.5 Å². The molecule has 5 heteroatoms. The van der Waals surface area contributed by atoms with Gasteiger partial charge in [0, 0.05) is 21.2 Å². The van der Waals surface area contributed by atoms with Gasteiger partial charge in [-0.15, -0.1) is 0 Å². The van der Waals surface area contributed by atoms with Crippen molar-refractivity contribution in [2.24, 2.45) is 0 Å². The largest absolute Gasteiger partial charge is 0.369 e. The van der Waals surface area contributed by atoms with E-state index in [4.69, 9.17) is 5.10 Å². The third kappa shape index (κ3) is 2.39. The molecule has 1 N–H and O–H groups in total. The predicted octanol–water partition coefficient (Wildman–Crippen LogP) is 3.98. The summed E-state index contributed by atoms with van der Waals surface area (Å²) in [7, 11) is 0. The van der Waals surface area contributed by atoms with E-state index < -0.39 is 0 Å². The lowest BCUT2D eigenvalue weighted by Crippen LogP contribution is -2.05. The molecule has 112 valence electrons. The van der Waals surface area contributed by atoms with Crippen molar-refractivity contribution in [3.05, 3.63) is 63.2 Å². The van der Waals surface area contributed by atoms with E-state index in [2.05, 4.69) is 52.2 Å². The molecular formula is C18H13IN4. The fraction of sp³-hybridized carbons (Fsp3) is 0.111. The van der Waals surface area contributed by atoms with Crippen LogP contribution in [-0.2, 0) is 6.42 Å². The Labute approximate surface area is 147 Å². The van der Waals surface area contributed by atoms with Crippen LogP contribution in [0.3, 0.4) is 0 Å². The summed E-state index contributed by atoms with van der Waals surface area (Å²) in [6.45, 7) is 0.902. The first-order valence-corrected chi connectivity index (χ1v) is 8.47. The van der Waals surface area contributed by atoms with Crippen LogP contribution in [0.5, 0.6) is 0 Å². The molecule has 1 aromatic heterocycles. The van der Waals surface area contributed by atoms with Crippen molar-refractivity contribution in [3.8, 4) is 23.0 Å². The molecule has 2 heterocycles. The van der Waals surface area contributed by atoms with Crippen LogP contribution in [0.1, 0.15) is 11.1 Å². The standard InChI is InChI=1S/C18H13IN4/c19-14-6-3-5-12(10-14)17-15-8-9-21-18(15)23(22-17)16-7-2-1-4-13(16)11-20/h1-7,10,21H,8-9H2. The monoisotopic (exact) mass is 412 g/mol. The summed E-state index contributed by atoms with van der Waals surface area (Å²) >= 11 is 2.32. The Hall–Kier alpha value is -2.33. The van der Waals surface area contributed by atoms with E-state index in [1.54, 1.807) is 0 Å². The van der Waals surface area contributed by atoms with Crippen molar-refractivity contribution in [3.63, 3.8) is 0 Å². The number of para-hydroxylation sites is 1. The summed E-state index contributed by atoms with van der Waals surface area (Å²) in [6, 6.07) is 18.2. The van der Waals surface area contributed by atoms with Gasteiger partial charge in [-0.3, -0.25) is 0 Å². The lowest BCUT2D eigenvalue weighted by molar-refractivity contribution is 0.879. The zero-order valence-electron chi connectivity index (χ0n) is 12.3. The Morgan fingerprint density at radius 3 is 2.87 bits per heavy atom. The van der Waals surface area contributed by atoms with Crippen molar-refractivity contribution >= 4 is 28.4 Å². The quantitative estimate of drug-likeness (QED) is 0.648. The first kappa shape index (κ1) is 14.3. The highest BCUT2D eigenvalue weighted by Gasteiger charge is 2.24. The minimum atomic E-state index is 0.626. The number of hydrogen-bond acceptors (Lipinski definition) is 3. The highest BCUT2D eigenvalue weighted by Crippen LogP contribution is 2.35. The van der Waals surface area contributed by atoms with Crippen LogP contribution in [0, 0.1) is 14.9 Å². The molecule has 0 fully saturated rings. The Balaban J connectivity index is 1.94. The van der Waals surface area contributed by atoms with Crippen LogP contribution in [-0.4, -0.2) is 16.3 Å². The minimum absolute atomic E-state index is 0.626. The van der Waals surface area contributed by atoms with E-state index in [1.807, 2.05) is 35.0 Å². The molecule has 0 unspecified atom stereocenters. The van der Waals surface area contributed by atoms with Gasteiger partial charge >= 0.3 is 0 Å². The predicted molar refractivity (Wildman–Crippen MR) is 98.6 cm³/mol. The van der Waals surface area contributed by atoms with E-state index in [0.717, 1.165) is 35.7 Å². The van der Waals surface area contributed by atoms with Gasteiger partial charge in [-0.25, -0.2) is 4.68 Å². The third-order valence-corrected chi connectivity index (χ3v) is 4.67. The molecule has 0 bridgehead atoms. The van der Waals surface area contributed by atoms with Gasteiger partial charge in [0.25, 0.3) is 0 Å². The molecule has 4 nitrogen and oxygen atoms in total. The van der Waals surface area contributed by atoms with Crippen LogP contribution in [0.2, 0.25) is 0 Å². The smallest absolute Gasteiger partial charge is 0.133 e. The molecule has 2 aromatic carbocycles. The molecule has 0 radical (unpaired) electrons. The van der Waals surface area contributed by atoms with Gasteiger partial charge in [-0.2, -0.15) is 10.4 Å². The molecule has 0 aliphatic carbocycles. The Bertz CT molecular complexity index is 936. The molecule has 0 spiro atoms. The van der Waals surface area contributed by atoms with Crippen molar-refractivity contribution in [2.45, 2.75) is 6.42 Å². The lowest BCUT2D eigenvalue weighted by Gasteiger charge is -2.07. The SMILES string of the molecule is N#Cc1ccccc1-n1nc(-c2cccc(I)c2)c2c1NCC2. The summed E-state index contributed by atoms with van der Waals surface area (Å²) < 4.78 is 3.06. The number of nitriles is 1. The molecule has 0 amide bonds. The molecule has 4 rings (SSSR count). The Morgan fingerprint density at radius 2 is 2.04 bits per heavy atom. The van der Waals surface area contributed by atoms with Gasteiger partial charge in [-0.1, -0.05) is 24.3 Å². The van der Waals surface area contributed by atoms with E-state index >= 15 is 0 Å². The number of anilines is 1. The number of nitrogens with zero attached hydrogens (tertiary/aromatic N) is 3. The van der Waals surface area contributed by atoms with E-state index in [0.29, 0.717) is 5.56 Å². The fourth-order valence-electron chi connectivity index (χ4n) is 2.97. The second-order valence-electron chi connectivity index (χ2n) is 5.40. The Morgan fingerprint density at radius 1 is 1.17 bits per heavy atom. The van der Waals surface area contributed by atoms with Crippen LogP contribution >= 0.6 is 22.6 Å². The molecule has 0 atom stereocenters. The minimum Gasteiger partial charge on any atom is -0.369 e. The van der Waals surface area contributed by atoms with E-state index in [1.165, 1.54) is 9.13 Å². The summed E-state index contributed by atoms with van der Waals surface area (Å²) in [5.74, 6) is 1.00. The van der Waals surface area contributed by atoms with Crippen LogP contribution in [0.4, 0.5) is 5.82 Å². The number of benzene rings is 2. The third-order valence-electron chi connectivity index (χ3n) is 4.00. The maximum atomic E-state index is 9.38. The number of rotatable bonds is 2. The summed E-state index contributed by atoms with van der Waals surface area (Å²) in [5, 5.41) is 17.6. The second-order valence-corrected chi connectivity index (χ2v) is 6.65. The molecule has 0 saturated carbocycles. The van der Waals surface area contributed by atoms with Crippen LogP contribution < -0.4 is 5.32 Å². The van der Waals surface area contributed by atoms with Crippen molar-refractivity contribution in [1.82, 2.24) is 9.78 Å². The molecule has 0 saturated heterocycles. The summed E-state index contributed by atoms with van der Waals surface area (Å²) in [4.78, 5) is 0. The van der Waals surface area contributed by atoms with Gasteiger partial charge in [0.15, 0.2) is 0 Å². The lowest BCUT2D eigenvalue weighted by atomic mass is 10.1. The maximum Gasteiger partial charge on any atom is 0.133 e.